The number of benzene rings is 1. The number of amides is 1. The highest BCUT2D eigenvalue weighted by atomic mass is 79.9. The molecule has 1 atom stereocenters. The third kappa shape index (κ3) is 5.18. The van der Waals surface area contributed by atoms with Gasteiger partial charge in [0.1, 0.15) is 5.75 Å². The van der Waals surface area contributed by atoms with E-state index in [0.717, 1.165) is 4.47 Å². The van der Waals surface area contributed by atoms with E-state index >= 15 is 0 Å². The first-order valence-electron chi connectivity index (χ1n) is 5.37. The molecule has 0 aromatic heterocycles. The predicted octanol–water partition coefficient (Wildman–Crippen LogP) is 1.66. The Morgan fingerprint density at radius 2 is 2.00 bits per heavy atom. The van der Waals surface area contributed by atoms with Gasteiger partial charge in [-0.15, -0.1) is 0 Å². The Labute approximate surface area is 113 Å². The molecule has 1 unspecified atom stereocenters. The molecule has 0 aliphatic carbocycles. The van der Waals surface area contributed by atoms with Gasteiger partial charge in [0.25, 0.3) is 5.91 Å². The van der Waals surface area contributed by atoms with Gasteiger partial charge >= 0.3 is 5.97 Å². The van der Waals surface area contributed by atoms with Gasteiger partial charge in [0.2, 0.25) is 0 Å². The number of halogens is 1. The molecule has 0 spiro atoms. The molecule has 5 nitrogen and oxygen atoms in total. The molecule has 1 rings (SSSR count). The van der Waals surface area contributed by atoms with Crippen molar-refractivity contribution in [2.45, 2.75) is 6.92 Å². The molecule has 1 aromatic carbocycles. The molecule has 1 aromatic rings. The molecule has 0 heterocycles. The minimum Gasteiger partial charge on any atom is -0.484 e. The molecular weight excluding hydrogens is 302 g/mol. The van der Waals surface area contributed by atoms with E-state index in [4.69, 9.17) is 9.84 Å². The monoisotopic (exact) mass is 315 g/mol. The molecule has 0 saturated heterocycles. The SMILES string of the molecule is CC(CNC(=O)COc1ccc(Br)cc1)C(=O)O. The number of rotatable bonds is 6. The average molecular weight is 316 g/mol. The Bertz CT molecular complexity index is 419. The van der Waals surface area contributed by atoms with Crippen LogP contribution in [0, 0.1) is 5.92 Å². The standard InChI is InChI=1S/C12H14BrNO4/c1-8(12(16)17)6-14-11(15)7-18-10-4-2-9(13)3-5-10/h2-5,8H,6-7H2,1H3,(H,14,15)(H,16,17). The van der Waals surface area contributed by atoms with Crippen LogP contribution in [0.5, 0.6) is 5.75 Å². The zero-order valence-electron chi connectivity index (χ0n) is 9.85. The number of carboxylic acids is 1. The average Bonchev–Trinajstić information content (AvgIpc) is 2.35. The molecule has 0 bridgehead atoms. The maximum Gasteiger partial charge on any atom is 0.308 e. The molecule has 0 aliphatic heterocycles. The van der Waals surface area contributed by atoms with Crippen molar-refractivity contribution in [3.05, 3.63) is 28.7 Å². The molecule has 0 saturated carbocycles. The normalized spacial score (nSPS) is 11.7. The first-order chi connectivity index (χ1) is 8.49. The lowest BCUT2D eigenvalue weighted by Gasteiger charge is -2.09. The zero-order chi connectivity index (χ0) is 13.5. The van der Waals surface area contributed by atoms with Crippen molar-refractivity contribution in [1.29, 1.82) is 0 Å². The van der Waals surface area contributed by atoms with E-state index < -0.39 is 11.9 Å². The highest BCUT2D eigenvalue weighted by Gasteiger charge is 2.12. The Morgan fingerprint density at radius 3 is 2.56 bits per heavy atom. The fraction of sp³-hybridized carbons (Fsp3) is 0.333. The molecule has 0 fully saturated rings. The summed E-state index contributed by atoms with van der Waals surface area (Å²) in [5, 5.41) is 11.1. The maximum atomic E-state index is 11.4. The van der Waals surface area contributed by atoms with E-state index in [0.29, 0.717) is 5.75 Å². The first-order valence-corrected chi connectivity index (χ1v) is 6.16. The lowest BCUT2D eigenvalue weighted by atomic mass is 10.2. The minimum absolute atomic E-state index is 0.0951. The highest BCUT2D eigenvalue weighted by Crippen LogP contribution is 2.15. The third-order valence-corrected chi connectivity index (χ3v) is 2.74. The van der Waals surface area contributed by atoms with Crippen molar-refractivity contribution in [3.63, 3.8) is 0 Å². The second-order valence-electron chi connectivity index (χ2n) is 3.79. The van der Waals surface area contributed by atoms with Crippen LogP contribution in [-0.4, -0.2) is 30.1 Å². The molecule has 0 aliphatic rings. The summed E-state index contributed by atoms with van der Waals surface area (Å²) in [6, 6.07) is 7.08. The number of hydrogen-bond donors (Lipinski definition) is 2. The summed E-state index contributed by atoms with van der Waals surface area (Å²) in [4.78, 5) is 21.9. The summed E-state index contributed by atoms with van der Waals surface area (Å²) in [5.74, 6) is -1.31. The van der Waals surface area contributed by atoms with Gasteiger partial charge in [0, 0.05) is 11.0 Å². The highest BCUT2D eigenvalue weighted by molar-refractivity contribution is 9.10. The quantitative estimate of drug-likeness (QED) is 0.837. The molecule has 2 N–H and O–H groups in total. The predicted molar refractivity (Wildman–Crippen MR) is 69.4 cm³/mol. The van der Waals surface area contributed by atoms with Crippen molar-refractivity contribution < 1.29 is 19.4 Å². The van der Waals surface area contributed by atoms with Crippen LogP contribution in [0.1, 0.15) is 6.92 Å². The zero-order valence-corrected chi connectivity index (χ0v) is 11.4. The van der Waals surface area contributed by atoms with Crippen LogP contribution in [0.15, 0.2) is 28.7 Å². The Balaban J connectivity index is 2.29. The number of carbonyl (C=O) groups excluding carboxylic acids is 1. The molecule has 1 amide bonds. The van der Waals surface area contributed by atoms with Crippen LogP contribution in [0.2, 0.25) is 0 Å². The van der Waals surface area contributed by atoms with Gasteiger partial charge in [0.05, 0.1) is 5.92 Å². The third-order valence-electron chi connectivity index (χ3n) is 2.21. The topological polar surface area (TPSA) is 75.6 Å². The Kier molecular flexibility index (Phi) is 5.64. The van der Waals surface area contributed by atoms with Gasteiger partial charge < -0.3 is 15.2 Å². The Morgan fingerprint density at radius 1 is 1.39 bits per heavy atom. The Hall–Kier alpha value is -1.56. The summed E-state index contributed by atoms with van der Waals surface area (Å²) in [5.41, 5.74) is 0. The van der Waals surface area contributed by atoms with Gasteiger partial charge in [-0.2, -0.15) is 0 Å². The summed E-state index contributed by atoms with van der Waals surface area (Å²) < 4.78 is 6.16. The van der Waals surface area contributed by atoms with Gasteiger partial charge in [-0.25, -0.2) is 0 Å². The van der Waals surface area contributed by atoms with E-state index in [2.05, 4.69) is 21.2 Å². The van der Waals surface area contributed by atoms with Crippen molar-refractivity contribution in [1.82, 2.24) is 5.32 Å². The van der Waals surface area contributed by atoms with Crippen molar-refractivity contribution in [2.75, 3.05) is 13.2 Å². The molecule has 18 heavy (non-hydrogen) atoms. The first kappa shape index (κ1) is 14.5. The molecular formula is C12H14BrNO4. The van der Waals surface area contributed by atoms with Crippen LogP contribution in [-0.2, 0) is 9.59 Å². The summed E-state index contributed by atoms with van der Waals surface area (Å²) in [6.45, 7) is 1.49. The number of ether oxygens (including phenoxy) is 1. The van der Waals surface area contributed by atoms with E-state index in [1.807, 2.05) is 0 Å². The second-order valence-corrected chi connectivity index (χ2v) is 4.70. The largest absolute Gasteiger partial charge is 0.484 e. The number of carbonyl (C=O) groups is 2. The lowest BCUT2D eigenvalue weighted by Crippen LogP contribution is -2.34. The minimum atomic E-state index is -0.941. The van der Waals surface area contributed by atoms with Gasteiger partial charge in [-0.1, -0.05) is 22.9 Å². The van der Waals surface area contributed by atoms with Gasteiger partial charge in [0.15, 0.2) is 6.61 Å². The fourth-order valence-electron chi connectivity index (χ4n) is 1.08. The fourth-order valence-corrected chi connectivity index (χ4v) is 1.35. The number of hydrogen-bond acceptors (Lipinski definition) is 3. The van der Waals surface area contributed by atoms with Crippen molar-refractivity contribution >= 4 is 27.8 Å². The van der Waals surface area contributed by atoms with Crippen LogP contribution in [0.4, 0.5) is 0 Å². The van der Waals surface area contributed by atoms with E-state index in [9.17, 15) is 9.59 Å². The van der Waals surface area contributed by atoms with Crippen molar-refractivity contribution in [2.24, 2.45) is 5.92 Å². The smallest absolute Gasteiger partial charge is 0.308 e. The number of aliphatic carboxylic acids is 1. The summed E-state index contributed by atoms with van der Waals surface area (Å²) in [7, 11) is 0. The number of nitrogens with one attached hydrogen (secondary N) is 1. The molecule has 6 heteroatoms. The van der Waals surface area contributed by atoms with Crippen LogP contribution in [0.25, 0.3) is 0 Å². The van der Waals surface area contributed by atoms with Crippen LogP contribution < -0.4 is 10.1 Å². The van der Waals surface area contributed by atoms with Crippen molar-refractivity contribution in [3.8, 4) is 5.75 Å². The van der Waals surface area contributed by atoms with E-state index in [-0.39, 0.29) is 19.1 Å². The molecule has 0 radical (unpaired) electrons. The molecule has 98 valence electrons. The summed E-state index contributed by atoms with van der Waals surface area (Å²) >= 11 is 3.29. The van der Waals surface area contributed by atoms with E-state index in [1.165, 1.54) is 6.92 Å². The van der Waals surface area contributed by atoms with E-state index in [1.54, 1.807) is 24.3 Å². The summed E-state index contributed by atoms with van der Waals surface area (Å²) in [6.07, 6.45) is 0. The second kappa shape index (κ2) is 7.00. The van der Waals surface area contributed by atoms with Crippen LogP contribution in [0.3, 0.4) is 0 Å². The van der Waals surface area contributed by atoms with Gasteiger partial charge in [-0.3, -0.25) is 9.59 Å². The lowest BCUT2D eigenvalue weighted by molar-refractivity contribution is -0.141. The van der Waals surface area contributed by atoms with Crippen LogP contribution >= 0.6 is 15.9 Å². The number of carboxylic acid groups (broad SMARTS) is 1. The maximum absolute atomic E-state index is 11.4. The van der Waals surface area contributed by atoms with Gasteiger partial charge in [-0.05, 0) is 24.3 Å².